The summed E-state index contributed by atoms with van der Waals surface area (Å²) in [5.74, 6) is -0.545. The first-order valence-corrected chi connectivity index (χ1v) is 5.13. The Bertz CT molecular complexity index is 463. The minimum absolute atomic E-state index is 0.343. The third-order valence-corrected chi connectivity index (χ3v) is 2.21. The minimum atomic E-state index is -0.766. The molecule has 0 heterocycles. The van der Waals surface area contributed by atoms with Gasteiger partial charge < -0.3 is 15.4 Å². The van der Waals surface area contributed by atoms with E-state index in [0.29, 0.717) is 11.3 Å². The molecular weight excluding hydrogens is 218 g/mol. The number of carbonyl (C=O) groups excluding carboxylic acids is 1. The molecule has 1 unspecified atom stereocenters. The largest absolute Gasteiger partial charge is 0.444 e. The van der Waals surface area contributed by atoms with Gasteiger partial charge in [-0.15, -0.1) is 0 Å². The fourth-order valence-corrected chi connectivity index (χ4v) is 1.34. The number of rotatable bonds is 3. The molecule has 1 atom stereocenters. The van der Waals surface area contributed by atoms with E-state index in [9.17, 15) is 4.79 Å². The van der Waals surface area contributed by atoms with Gasteiger partial charge in [-0.25, -0.2) is 4.79 Å². The van der Waals surface area contributed by atoms with E-state index in [-0.39, 0.29) is 0 Å². The van der Waals surface area contributed by atoms with Crippen LogP contribution in [-0.4, -0.2) is 26.2 Å². The van der Waals surface area contributed by atoms with Gasteiger partial charge in [-0.05, 0) is 25.1 Å². The summed E-state index contributed by atoms with van der Waals surface area (Å²) >= 11 is 0. The summed E-state index contributed by atoms with van der Waals surface area (Å²) in [7, 11) is 3.73. The van der Waals surface area contributed by atoms with Gasteiger partial charge in [0.05, 0.1) is 16.9 Å². The highest BCUT2D eigenvalue weighted by molar-refractivity contribution is 5.92. The van der Waals surface area contributed by atoms with E-state index in [0.717, 1.165) is 5.69 Å². The highest BCUT2D eigenvalue weighted by Gasteiger charge is 2.13. The van der Waals surface area contributed by atoms with Gasteiger partial charge in [0.1, 0.15) is 6.07 Å². The lowest BCUT2D eigenvalue weighted by molar-refractivity contribution is 0.0435. The second kappa shape index (κ2) is 5.21. The molecule has 17 heavy (non-hydrogen) atoms. The standard InChI is InChI=1S/C12H15N3O2/c1-8(7-13)17-12(16)9-4-5-11(15(2)3)10(14)6-9/h4-6,8H,14H2,1-3H3. The van der Waals surface area contributed by atoms with E-state index in [4.69, 9.17) is 15.7 Å². The fourth-order valence-electron chi connectivity index (χ4n) is 1.34. The number of hydrogen-bond acceptors (Lipinski definition) is 5. The van der Waals surface area contributed by atoms with Crippen molar-refractivity contribution in [1.82, 2.24) is 0 Å². The molecule has 0 aromatic heterocycles. The summed E-state index contributed by atoms with van der Waals surface area (Å²) in [5.41, 5.74) is 7.47. The van der Waals surface area contributed by atoms with Crippen molar-refractivity contribution in [2.24, 2.45) is 0 Å². The third kappa shape index (κ3) is 3.11. The molecule has 0 aliphatic heterocycles. The van der Waals surface area contributed by atoms with E-state index in [2.05, 4.69) is 0 Å². The summed E-state index contributed by atoms with van der Waals surface area (Å²) in [6, 6.07) is 6.73. The maximum atomic E-state index is 11.6. The van der Waals surface area contributed by atoms with Crippen molar-refractivity contribution < 1.29 is 9.53 Å². The molecule has 2 N–H and O–H groups in total. The number of hydrogen-bond donors (Lipinski definition) is 1. The van der Waals surface area contributed by atoms with Crippen LogP contribution in [0.5, 0.6) is 0 Å². The van der Waals surface area contributed by atoms with E-state index < -0.39 is 12.1 Å². The van der Waals surface area contributed by atoms with Crippen molar-refractivity contribution in [3.05, 3.63) is 23.8 Å². The topological polar surface area (TPSA) is 79.3 Å². The molecule has 0 radical (unpaired) electrons. The molecule has 5 heteroatoms. The predicted molar refractivity (Wildman–Crippen MR) is 65.7 cm³/mol. The Labute approximate surface area is 100 Å². The van der Waals surface area contributed by atoms with Gasteiger partial charge in [0.25, 0.3) is 0 Å². The molecule has 1 aromatic rings. The molecule has 0 spiro atoms. The van der Waals surface area contributed by atoms with Crippen LogP contribution in [-0.2, 0) is 4.74 Å². The van der Waals surface area contributed by atoms with Crippen LogP contribution < -0.4 is 10.6 Å². The smallest absolute Gasteiger partial charge is 0.339 e. The van der Waals surface area contributed by atoms with Crippen LogP contribution in [0.1, 0.15) is 17.3 Å². The molecule has 1 rings (SSSR count). The minimum Gasteiger partial charge on any atom is -0.444 e. The van der Waals surface area contributed by atoms with Crippen LogP contribution in [0.15, 0.2) is 18.2 Å². The first kappa shape index (κ1) is 12.8. The SMILES string of the molecule is CC(C#N)OC(=O)c1ccc(N(C)C)c(N)c1. The molecule has 90 valence electrons. The molecule has 0 saturated heterocycles. The molecular formula is C12H15N3O2. The quantitative estimate of drug-likeness (QED) is 0.630. The lowest BCUT2D eigenvalue weighted by atomic mass is 10.1. The highest BCUT2D eigenvalue weighted by atomic mass is 16.5. The second-order valence-corrected chi connectivity index (χ2v) is 3.84. The Kier molecular flexibility index (Phi) is 3.94. The van der Waals surface area contributed by atoms with Crippen molar-refractivity contribution in [2.75, 3.05) is 24.7 Å². The number of anilines is 2. The zero-order chi connectivity index (χ0) is 13.0. The maximum absolute atomic E-state index is 11.6. The Morgan fingerprint density at radius 1 is 1.53 bits per heavy atom. The van der Waals surface area contributed by atoms with Crippen LogP contribution in [0.4, 0.5) is 11.4 Å². The lowest BCUT2D eigenvalue weighted by Crippen LogP contribution is -2.15. The number of nitriles is 1. The zero-order valence-corrected chi connectivity index (χ0v) is 10.1. The van der Waals surface area contributed by atoms with E-state index >= 15 is 0 Å². The number of ether oxygens (including phenoxy) is 1. The summed E-state index contributed by atoms with van der Waals surface area (Å²) < 4.78 is 4.87. The molecule has 0 saturated carbocycles. The van der Waals surface area contributed by atoms with Crippen LogP contribution in [0.25, 0.3) is 0 Å². The first-order chi connectivity index (χ1) is 7.95. The number of carbonyl (C=O) groups is 1. The monoisotopic (exact) mass is 233 g/mol. The third-order valence-electron chi connectivity index (χ3n) is 2.21. The maximum Gasteiger partial charge on any atom is 0.339 e. The highest BCUT2D eigenvalue weighted by Crippen LogP contribution is 2.22. The van der Waals surface area contributed by atoms with Crippen LogP contribution >= 0.6 is 0 Å². The van der Waals surface area contributed by atoms with Gasteiger partial charge in [-0.1, -0.05) is 0 Å². The van der Waals surface area contributed by atoms with Gasteiger partial charge in [-0.3, -0.25) is 0 Å². The average molecular weight is 233 g/mol. The number of esters is 1. The molecule has 0 aliphatic carbocycles. The van der Waals surface area contributed by atoms with Crippen molar-refractivity contribution >= 4 is 17.3 Å². The Hall–Kier alpha value is -2.22. The van der Waals surface area contributed by atoms with E-state index in [1.165, 1.54) is 6.92 Å². The normalized spacial score (nSPS) is 11.4. The molecule has 1 aromatic carbocycles. The van der Waals surface area contributed by atoms with E-state index in [1.54, 1.807) is 18.2 Å². The van der Waals surface area contributed by atoms with Gasteiger partial charge in [0.2, 0.25) is 0 Å². The van der Waals surface area contributed by atoms with Crippen molar-refractivity contribution in [3.63, 3.8) is 0 Å². The molecule has 0 fully saturated rings. The van der Waals surface area contributed by atoms with Crippen LogP contribution in [0.2, 0.25) is 0 Å². The number of nitrogens with two attached hydrogens (primary N) is 1. The average Bonchev–Trinajstić information content (AvgIpc) is 2.28. The molecule has 5 nitrogen and oxygen atoms in total. The Morgan fingerprint density at radius 2 is 2.18 bits per heavy atom. The number of nitrogen functional groups attached to an aromatic ring is 1. The van der Waals surface area contributed by atoms with Crippen LogP contribution in [0, 0.1) is 11.3 Å². The molecule has 0 bridgehead atoms. The predicted octanol–water partition coefficient (Wildman–Crippen LogP) is 1.40. The van der Waals surface area contributed by atoms with Crippen molar-refractivity contribution in [3.8, 4) is 6.07 Å². The van der Waals surface area contributed by atoms with Gasteiger partial charge >= 0.3 is 5.97 Å². The van der Waals surface area contributed by atoms with E-state index in [1.807, 2.05) is 25.1 Å². The second-order valence-electron chi connectivity index (χ2n) is 3.84. The lowest BCUT2D eigenvalue weighted by Gasteiger charge is -2.15. The summed E-state index contributed by atoms with van der Waals surface area (Å²) in [5, 5.41) is 8.54. The Balaban J connectivity index is 2.91. The van der Waals surface area contributed by atoms with Gasteiger partial charge in [-0.2, -0.15) is 5.26 Å². The van der Waals surface area contributed by atoms with Crippen molar-refractivity contribution in [1.29, 1.82) is 5.26 Å². The number of benzene rings is 1. The first-order valence-electron chi connectivity index (χ1n) is 5.13. The number of nitrogens with zero attached hydrogens (tertiary/aromatic N) is 2. The zero-order valence-electron chi connectivity index (χ0n) is 10.1. The summed E-state index contributed by atoms with van der Waals surface area (Å²) in [6.07, 6.45) is -0.766. The summed E-state index contributed by atoms with van der Waals surface area (Å²) in [6.45, 7) is 1.51. The van der Waals surface area contributed by atoms with Crippen molar-refractivity contribution in [2.45, 2.75) is 13.0 Å². The Morgan fingerprint density at radius 3 is 2.65 bits per heavy atom. The molecule has 0 amide bonds. The van der Waals surface area contributed by atoms with Crippen LogP contribution in [0.3, 0.4) is 0 Å². The molecule has 0 aliphatic rings. The fraction of sp³-hybridized carbons (Fsp3) is 0.333. The van der Waals surface area contributed by atoms with Gasteiger partial charge in [0, 0.05) is 14.1 Å². The van der Waals surface area contributed by atoms with Gasteiger partial charge in [0.15, 0.2) is 6.10 Å². The summed E-state index contributed by atoms with van der Waals surface area (Å²) in [4.78, 5) is 13.5.